The molecule has 0 spiro atoms. The Morgan fingerprint density at radius 1 is 0.860 bits per heavy atom. The molecule has 0 saturated heterocycles. The van der Waals surface area contributed by atoms with Crippen LogP contribution in [-0.4, -0.2) is 28.6 Å². The summed E-state index contributed by atoms with van der Waals surface area (Å²) in [6.07, 6.45) is 4.94. The Morgan fingerprint density at radius 3 is 2.19 bits per heavy atom. The van der Waals surface area contributed by atoms with E-state index in [2.05, 4.69) is 19.2 Å². The minimum atomic E-state index is -1.47. The number of phenols is 1. The van der Waals surface area contributed by atoms with Gasteiger partial charge in [-0.25, -0.2) is 4.79 Å². The van der Waals surface area contributed by atoms with Crippen LogP contribution in [0, 0.1) is 5.92 Å². The molecule has 3 N–H and O–H groups in total. The van der Waals surface area contributed by atoms with Gasteiger partial charge in [0, 0.05) is 28.6 Å². The summed E-state index contributed by atoms with van der Waals surface area (Å²) >= 11 is 38.5. The van der Waals surface area contributed by atoms with Crippen molar-refractivity contribution in [1.29, 1.82) is 0 Å². The zero-order valence-corrected chi connectivity index (χ0v) is 27.4. The van der Waals surface area contributed by atoms with Crippen LogP contribution in [0.5, 0.6) is 5.75 Å². The molecule has 0 saturated carbocycles. The number of phenolic OH excluding ortho intramolecular Hbond substituents is 1. The summed E-state index contributed by atoms with van der Waals surface area (Å²) in [4.78, 5) is 38.5. The lowest BCUT2D eigenvalue weighted by atomic mass is 9.89. The summed E-state index contributed by atoms with van der Waals surface area (Å²) in [5.41, 5.74) is -1.64. The Balaban J connectivity index is 1.94. The predicted molar refractivity (Wildman–Crippen MR) is 173 cm³/mol. The van der Waals surface area contributed by atoms with E-state index in [9.17, 15) is 24.6 Å². The second-order valence-electron chi connectivity index (χ2n) is 10.4. The maximum atomic E-state index is 13.3. The quantitative estimate of drug-likeness (QED) is 0.112. The topological polar surface area (TPSA) is 117 Å². The SMILES string of the molecule is CC(C)CCCCCCNC(=O)c1cc(Cl)c(C(=O)O)c(-c2c3cc(Cl)c(=O)c(Cl)c-3oc3c(Cl)c(O)c(Cl)cc23)c1Cl. The molecule has 4 rings (SSSR count). The van der Waals surface area contributed by atoms with E-state index in [1.807, 2.05) is 0 Å². The fourth-order valence-corrected chi connectivity index (χ4v) is 6.43. The van der Waals surface area contributed by atoms with E-state index >= 15 is 0 Å². The molecule has 1 aliphatic heterocycles. The van der Waals surface area contributed by atoms with Crippen molar-refractivity contribution in [2.75, 3.05) is 6.54 Å². The number of hydrogen-bond donors (Lipinski definition) is 3. The minimum Gasteiger partial charge on any atom is -0.505 e. The number of nitrogens with one attached hydrogen (secondary N) is 1. The molecule has 13 heteroatoms. The van der Waals surface area contributed by atoms with Crippen molar-refractivity contribution >= 4 is 92.5 Å². The third kappa shape index (κ3) is 6.68. The molecule has 0 atom stereocenters. The summed E-state index contributed by atoms with van der Waals surface area (Å²) < 4.78 is 5.85. The molecule has 7 nitrogen and oxygen atoms in total. The molecule has 2 aromatic rings. The number of rotatable bonds is 10. The highest BCUT2D eigenvalue weighted by Gasteiger charge is 2.32. The minimum absolute atomic E-state index is 0.00736. The molecule has 0 unspecified atom stereocenters. The lowest BCUT2D eigenvalue weighted by Gasteiger charge is -2.21. The van der Waals surface area contributed by atoms with Crippen LogP contribution in [0.25, 0.3) is 33.4 Å². The highest BCUT2D eigenvalue weighted by molar-refractivity contribution is 6.44. The average Bonchev–Trinajstić information content (AvgIpc) is 2.94. The molecule has 2 aromatic carbocycles. The largest absolute Gasteiger partial charge is 0.505 e. The molecule has 1 amide bonds. The number of amides is 1. The summed E-state index contributed by atoms with van der Waals surface area (Å²) in [7, 11) is 0. The smallest absolute Gasteiger partial charge is 0.337 e. The Labute approximate surface area is 276 Å². The van der Waals surface area contributed by atoms with E-state index in [0.29, 0.717) is 12.5 Å². The van der Waals surface area contributed by atoms with Gasteiger partial charge >= 0.3 is 5.97 Å². The number of fused-ring (bicyclic) bond motifs is 2. The lowest BCUT2D eigenvalue weighted by molar-refractivity contribution is 0.0697. The number of aromatic hydroxyl groups is 1. The van der Waals surface area contributed by atoms with Gasteiger partial charge in [-0.05, 0) is 30.5 Å². The maximum absolute atomic E-state index is 13.3. The highest BCUT2D eigenvalue weighted by atomic mass is 35.5. The summed E-state index contributed by atoms with van der Waals surface area (Å²) in [6, 6.07) is 3.67. The van der Waals surface area contributed by atoms with Gasteiger partial charge in [0.05, 0.1) is 31.2 Å². The Bertz CT molecular complexity index is 1780. The molecule has 0 bridgehead atoms. The van der Waals surface area contributed by atoms with Gasteiger partial charge < -0.3 is 19.9 Å². The number of carbonyl (C=O) groups excluding carboxylic acids is 1. The monoisotopic (exact) mass is 705 g/mol. The van der Waals surface area contributed by atoms with Crippen LogP contribution in [-0.2, 0) is 0 Å². The zero-order chi connectivity index (χ0) is 31.7. The zero-order valence-electron chi connectivity index (χ0n) is 22.8. The van der Waals surface area contributed by atoms with Crippen molar-refractivity contribution in [3.05, 3.63) is 69.7 Å². The van der Waals surface area contributed by atoms with Crippen molar-refractivity contribution in [1.82, 2.24) is 5.32 Å². The van der Waals surface area contributed by atoms with E-state index in [1.165, 1.54) is 18.2 Å². The second kappa shape index (κ2) is 13.7. The first-order valence-corrected chi connectivity index (χ1v) is 15.5. The number of carboxylic acids is 1. The van der Waals surface area contributed by atoms with E-state index < -0.39 is 33.6 Å². The molecule has 2 aliphatic rings. The average molecular weight is 708 g/mol. The molecule has 0 fully saturated rings. The highest BCUT2D eigenvalue weighted by Crippen LogP contribution is 2.51. The van der Waals surface area contributed by atoms with Crippen molar-refractivity contribution in [2.24, 2.45) is 5.92 Å². The number of unbranched alkanes of at least 4 members (excludes halogenated alkanes) is 3. The fourth-order valence-electron chi connectivity index (χ4n) is 4.83. The first-order chi connectivity index (χ1) is 20.3. The molecule has 1 aliphatic carbocycles. The van der Waals surface area contributed by atoms with E-state index in [-0.39, 0.29) is 64.1 Å². The van der Waals surface area contributed by atoms with Crippen LogP contribution in [0.2, 0.25) is 30.1 Å². The Kier molecular flexibility index (Phi) is 10.7. The van der Waals surface area contributed by atoms with Crippen LogP contribution in [0.1, 0.15) is 66.7 Å². The molecular weight excluding hydrogens is 683 g/mol. The van der Waals surface area contributed by atoms with Crippen molar-refractivity contribution in [2.45, 2.75) is 46.0 Å². The van der Waals surface area contributed by atoms with Crippen molar-refractivity contribution in [3.63, 3.8) is 0 Å². The molecular formula is C30H25Cl6NO6. The predicted octanol–water partition coefficient (Wildman–Crippen LogP) is 10.2. The van der Waals surface area contributed by atoms with Crippen molar-refractivity contribution in [3.8, 4) is 28.2 Å². The summed E-state index contributed by atoms with van der Waals surface area (Å²) in [5.74, 6) is -2.16. The first-order valence-electron chi connectivity index (χ1n) is 13.3. The maximum Gasteiger partial charge on any atom is 0.337 e. The van der Waals surface area contributed by atoms with Crippen LogP contribution in [0.4, 0.5) is 0 Å². The number of benzene rings is 3. The van der Waals surface area contributed by atoms with E-state index in [4.69, 9.17) is 74.0 Å². The lowest BCUT2D eigenvalue weighted by Crippen LogP contribution is -2.25. The summed E-state index contributed by atoms with van der Waals surface area (Å²) in [5, 5.41) is 21.7. The van der Waals surface area contributed by atoms with Crippen LogP contribution >= 0.6 is 69.6 Å². The molecule has 0 aromatic heterocycles. The Morgan fingerprint density at radius 2 is 1.53 bits per heavy atom. The number of aromatic carboxylic acids is 1. The van der Waals surface area contributed by atoms with Gasteiger partial charge in [-0.2, -0.15) is 0 Å². The van der Waals surface area contributed by atoms with Gasteiger partial charge in [-0.15, -0.1) is 0 Å². The number of halogens is 6. The third-order valence-corrected chi connectivity index (χ3v) is 8.89. The number of carboxylic acid groups (broad SMARTS) is 1. The van der Waals surface area contributed by atoms with Gasteiger partial charge in [0.25, 0.3) is 5.91 Å². The number of hydrogen-bond acceptors (Lipinski definition) is 5. The van der Waals surface area contributed by atoms with E-state index in [1.54, 1.807) is 0 Å². The van der Waals surface area contributed by atoms with Crippen molar-refractivity contribution < 1.29 is 24.2 Å². The van der Waals surface area contributed by atoms with Crippen LogP contribution < -0.4 is 10.7 Å². The molecule has 0 radical (unpaired) electrons. The van der Waals surface area contributed by atoms with Crippen LogP contribution in [0.3, 0.4) is 0 Å². The summed E-state index contributed by atoms with van der Waals surface area (Å²) in [6.45, 7) is 4.71. The fraction of sp³-hybridized carbons (Fsp3) is 0.300. The van der Waals surface area contributed by atoms with Gasteiger partial charge in [0.1, 0.15) is 10.0 Å². The van der Waals surface area contributed by atoms with Gasteiger partial charge in [0.2, 0.25) is 5.43 Å². The van der Waals surface area contributed by atoms with Crippen LogP contribution in [0.15, 0.2) is 27.4 Å². The number of carbonyl (C=O) groups is 2. The first kappa shape index (κ1) is 33.5. The molecule has 43 heavy (non-hydrogen) atoms. The van der Waals surface area contributed by atoms with Gasteiger partial charge in [-0.1, -0.05) is 109 Å². The standard InChI is InChI=1S/C30H25Cl6NO6/c1-12(2)7-5-3-4-6-8-37-29(40)15-11-16(31)20(30(41)42)21(22(15)34)19-13-9-17(32)25(38)23(35)27(13)43-28-14(19)10-18(33)26(39)24(28)36/h9-12,38H,3-8H2,1-2H3,(H,37,40)(H,41,42). The normalized spacial score (nSPS) is 11.6. The second-order valence-corrected chi connectivity index (χ2v) is 12.7. The van der Waals surface area contributed by atoms with Gasteiger partial charge in [-0.3, -0.25) is 9.59 Å². The third-order valence-electron chi connectivity index (χ3n) is 6.94. The Hall–Kier alpha value is -2.39. The molecule has 1 heterocycles. The van der Waals surface area contributed by atoms with Gasteiger partial charge in [0.15, 0.2) is 17.1 Å². The molecule has 228 valence electrons. The van der Waals surface area contributed by atoms with E-state index in [0.717, 1.165) is 32.1 Å².